The van der Waals surface area contributed by atoms with E-state index in [0.717, 1.165) is 12.8 Å². The predicted molar refractivity (Wildman–Crippen MR) is 103 cm³/mol. The van der Waals surface area contributed by atoms with E-state index in [0.29, 0.717) is 47.6 Å². The monoisotopic (exact) mass is 398 g/mol. The smallest absolute Gasteiger partial charge is 0.257 e. The minimum atomic E-state index is -0.345. The van der Waals surface area contributed by atoms with Crippen molar-refractivity contribution in [2.45, 2.75) is 12.8 Å². The number of hydrogen-bond donors (Lipinski definition) is 1. The molecule has 2 N–H and O–H groups in total. The van der Waals surface area contributed by atoms with Crippen LogP contribution in [0, 0.1) is 11.7 Å². The molecule has 7 heteroatoms. The molecule has 0 radical (unpaired) electrons. The molecule has 0 saturated carbocycles. The summed E-state index contributed by atoms with van der Waals surface area (Å²) in [6, 6.07) is 10.6. The summed E-state index contributed by atoms with van der Waals surface area (Å²) >= 11 is 6.08. The standard InChI is InChI=1S/C19H20ClFN2O2.ClH/c20-14-1-6-18(25-16-4-2-15(21)3-5-16)17(11-14)19(24)23-9-7-13(12-22)8-10-23;/h1-6,11,13H,7-10,12,22H2;1H. The molecule has 1 aliphatic heterocycles. The lowest BCUT2D eigenvalue weighted by atomic mass is 9.96. The van der Waals surface area contributed by atoms with Gasteiger partial charge in [-0.05, 0) is 67.8 Å². The SMILES string of the molecule is Cl.NCC1CCN(C(=O)c2cc(Cl)ccc2Oc2ccc(F)cc2)CC1. The van der Waals surface area contributed by atoms with Crippen LogP contribution in [-0.2, 0) is 0 Å². The maximum Gasteiger partial charge on any atom is 0.257 e. The summed E-state index contributed by atoms with van der Waals surface area (Å²) in [5.74, 6) is 0.873. The Labute approximate surface area is 163 Å². The van der Waals surface area contributed by atoms with Crippen LogP contribution in [0.2, 0.25) is 5.02 Å². The van der Waals surface area contributed by atoms with Gasteiger partial charge < -0.3 is 15.4 Å². The summed E-state index contributed by atoms with van der Waals surface area (Å²) in [5.41, 5.74) is 6.11. The number of piperidine rings is 1. The van der Waals surface area contributed by atoms with Crippen molar-refractivity contribution >= 4 is 29.9 Å². The van der Waals surface area contributed by atoms with Gasteiger partial charge in [0.25, 0.3) is 5.91 Å². The lowest BCUT2D eigenvalue weighted by Gasteiger charge is -2.31. The van der Waals surface area contributed by atoms with Gasteiger partial charge in [-0.15, -0.1) is 12.4 Å². The highest BCUT2D eigenvalue weighted by atomic mass is 35.5. The van der Waals surface area contributed by atoms with Crippen LogP contribution in [-0.4, -0.2) is 30.4 Å². The molecule has 0 spiro atoms. The fourth-order valence-electron chi connectivity index (χ4n) is 2.93. The van der Waals surface area contributed by atoms with Crippen molar-refractivity contribution in [3.05, 3.63) is 58.9 Å². The zero-order valence-electron chi connectivity index (χ0n) is 14.2. The molecule has 1 fully saturated rings. The van der Waals surface area contributed by atoms with Crippen LogP contribution >= 0.6 is 24.0 Å². The highest BCUT2D eigenvalue weighted by Crippen LogP contribution is 2.30. The Bertz CT molecular complexity index is 748. The first kappa shape index (κ1) is 20.5. The minimum Gasteiger partial charge on any atom is -0.457 e. The zero-order chi connectivity index (χ0) is 17.8. The number of carbonyl (C=O) groups excluding carboxylic acids is 1. The van der Waals surface area contributed by atoms with Crippen LogP contribution in [0.4, 0.5) is 4.39 Å². The minimum absolute atomic E-state index is 0. The molecule has 1 aliphatic rings. The van der Waals surface area contributed by atoms with Gasteiger partial charge >= 0.3 is 0 Å². The third-order valence-corrected chi connectivity index (χ3v) is 4.68. The summed E-state index contributed by atoms with van der Waals surface area (Å²) in [4.78, 5) is 14.7. The normalized spacial score (nSPS) is 14.7. The fourth-order valence-corrected chi connectivity index (χ4v) is 3.10. The van der Waals surface area contributed by atoms with Crippen molar-refractivity contribution in [3.8, 4) is 11.5 Å². The first-order valence-corrected chi connectivity index (χ1v) is 8.67. The Hall–Kier alpha value is -1.82. The van der Waals surface area contributed by atoms with E-state index < -0.39 is 0 Å². The van der Waals surface area contributed by atoms with Crippen molar-refractivity contribution < 1.29 is 13.9 Å². The van der Waals surface area contributed by atoms with Crippen LogP contribution < -0.4 is 10.5 Å². The molecule has 0 unspecified atom stereocenters. The van der Waals surface area contributed by atoms with Gasteiger partial charge in [0, 0.05) is 18.1 Å². The summed E-state index contributed by atoms with van der Waals surface area (Å²) in [6.07, 6.45) is 1.80. The molecule has 140 valence electrons. The van der Waals surface area contributed by atoms with E-state index in [-0.39, 0.29) is 24.1 Å². The molecule has 2 aromatic carbocycles. The molecule has 1 heterocycles. The van der Waals surface area contributed by atoms with Crippen LogP contribution in [0.25, 0.3) is 0 Å². The Balaban J connectivity index is 0.00000243. The first-order chi connectivity index (χ1) is 12.1. The average Bonchev–Trinajstić information content (AvgIpc) is 2.64. The molecule has 0 atom stereocenters. The van der Waals surface area contributed by atoms with Crippen molar-refractivity contribution in [1.82, 2.24) is 4.90 Å². The molecule has 1 amide bonds. The topological polar surface area (TPSA) is 55.6 Å². The number of benzene rings is 2. The molecule has 4 nitrogen and oxygen atoms in total. The largest absolute Gasteiger partial charge is 0.457 e. The number of amides is 1. The summed E-state index contributed by atoms with van der Waals surface area (Å²) in [6.45, 7) is 1.99. The van der Waals surface area contributed by atoms with E-state index in [1.165, 1.54) is 24.3 Å². The Kier molecular flexibility index (Phi) is 7.26. The van der Waals surface area contributed by atoms with Crippen LogP contribution in [0.15, 0.2) is 42.5 Å². The van der Waals surface area contributed by atoms with E-state index in [2.05, 4.69) is 0 Å². The molecule has 26 heavy (non-hydrogen) atoms. The van der Waals surface area contributed by atoms with Gasteiger partial charge in [0.1, 0.15) is 17.3 Å². The molecule has 1 saturated heterocycles. The molecular weight excluding hydrogens is 378 g/mol. The maximum absolute atomic E-state index is 13.0. The molecule has 2 aromatic rings. The number of nitrogens with two attached hydrogens (primary N) is 1. The second-order valence-electron chi connectivity index (χ2n) is 6.17. The number of hydrogen-bond acceptors (Lipinski definition) is 3. The highest BCUT2D eigenvalue weighted by Gasteiger charge is 2.25. The van der Waals surface area contributed by atoms with Crippen molar-refractivity contribution in [3.63, 3.8) is 0 Å². The number of likely N-dealkylation sites (tertiary alicyclic amines) is 1. The van der Waals surface area contributed by atoms with Gasteiger partial charge in [-0.25, -0.2) is 4.39 Å². The number of nitrogens with zero attached hydrogens (tertiary/aromatic N) is 1. The fraction of sp³-hybridized carbons (Fsp3) is 0.316. The molecule has 0 aromatic heterocycles. The second kappa shape index (κ2) is 9.21. The molecule has 3 rings (SSSR count). The molecule has 0 aliphatic carbocycles. The van der Waals surface area contributed by atoms with Crippen LogP contribution in [0.3, 0.4) is 0 Å². The number of halogens is 3. The Morgan fingerprint density at radius 2 is 1.85 bits per heavy atom. The van der Waals surface area contributed by atoms with Gasteiger partial charge in [0.05, 0.1) is 5.56 Å². The predicted octanol–water partition coefficient (Wildman–Crippen LogP) is 4.50. The van der Waals surface area contributed by atoms with Crippen LogP contribution in [0.5, 0.6) is 11.5 Å². The lowest BCUT2D eigenvalue weighted by Crippen LogP contribution is -2.40. The van der Waals surface area contributed by atoms with Crippen molar-refractivity contribution in [2.75, 3.05) is 19.6 Å². The first-order valence-electron chi connectivity index (χ1n) is 8.29. The van der Waals surface area contributed by atoms with Gasteiger partial charge in [-0.2, -0.15) is 0 Å². The number of rotatable bonds is 4. The maximum atomic E-state index is 13.0. The van der Waals surface area contributed by atoms with Gasteiger partial charge in [-0.1, -0.05) is 11.6 Å². The quantitative estimate of drug-likeness (QED) is 0.824. The zero-order valence-corrected chi connectivity index (χ0v) is 15.7. The van der Waals surface area contributed by atoms with Crippen LogP contribution in [0.1, 0.15) is 23.2 Å². The third-order valence-electron chi connectivity index (χ3n) is 4.45. The molecule has 0 bridgehead atoms. The Morgan fingerprint density at radius 3 is 2.46 bits per heavy atom. The van der Waals surface area contributed by atoms with E-state index in [9.17, 15) is 9.18 Å². The van der Waals surface area contributed by atoms with Gasteiger partial charge in [0.2, 0.25) is 0 Å². The van der Waals surface area contributed by atoms with Crippen molar-refractivity contribution in [1.29, 1.82) is 0 Å². The lowest BCUT2D eigenvalue weighted by molar-refractivity contribution is 0.0691. The van der Waals surface area contributed by atoms with E-state index in [4.69, 9.17) is 22.1 Å². The summed E-state index contributed by atoms with van der Waals surface area (Å²) < 4.78 is 18.8. The Morgan fingerprint density at radius 1 is 1.19 bits per heavy atom. The van der Waals surface area contributed by atoms with Crippen molar-refractivity contribution in [2.24, 2.45) is 11.7 Å². The summed E-state index contributed by atoms with van der Waals surface area (Å²) in [7, 11) is 0. The van der Waals surface area contributed by atoms with E-state index in [1.54, 1.807) is 23.1 Å². The van der Waals surface area contributed by atoms with E-state index >= 15 is 0 Å². The second-order valence-corrected chi connectivity index (χ2v) is 6.60. The number of carbonyl (C=O) groups is 1. The van der Waals surface area contributed by atoms with Gasteiger partial charge in [0.15, 0.2) is 0 Å². The van der Waals surface area contributed by atoms with E-state index in [1.807, 2.05) is 0 Å². The highest BCUT2D eigenvalue weighted by molar-refractivity contribution is 6.31. The average molecular weight is 399 g/mol. The summed E-state index contributed by atoms with van der Waals surface area (Å²) in [5, 5.41) is 0.464. The number of ether oxygens (including phenoxy) is 1. The third kappa shape index (κ3) is 4.87. The van der Waals surface area contributed by atoms with Gasteiger partial charge in [-0.3, -0.25) is 4.79 Å². The molecular formula is C19H21Cl2FN2O2.